The fourth-order valence-electron chi connectivity index (χ4n) is 2.45. The molecule has 0 atom stereocenters. The topological polar surface area (TPSA) is 113 Å². The molecule has 0 saturated heterocycles. The Morgan fingerprint density at radius 1 is 1.19 bits per heavy atom. The zero-order valence-electron chi connectivity index (χ0n) is 14.4. The summed E-state index contributed by atoms with van der Waals surface area (Å²) in [5, 5.41) is 4.80. The van der Waals surface area contributed by atoms with E-state index in [4.69, 9.17) is 10.5 Å². The van der Waals surface area contributed by atoms with Gasteiger partial charge in [0.15, 0.2) is 18.1 Å². The van der Waals surface area contributed by atoms with Crippen LogP contribution in [-0.2, 0) is 17.9 Å². The summed E-state index contributed by atoms with van der Waals surface area (Å²) in [5.41, 5.74) is 6.41. The summed E-state index contributed by atoms with van der Waals surface area (Å²) >= 11 is 0. The van der Waals surface area contributed by atoms with Gasteiger partial charge in [0.25, 0.3) is 5.56 Å². The number of aromatic nitrogens is 4. The molecule has 0 saturated carbocycles. The number of hydrogen-bond acceptors (Lipinski definition) is 7. The number of para-hydroxylation sites is 1. The van der Waals surface area contributed by atoms with E-state index in [1.54, 1.807) is 0 Å². The Hall–Kier alpha value is -3.29. The number of ether oxygens (including phenoxy) is 1. The Kier molecular flexibility index (Phi) is 5.21. The highest BCUT2D eigenvalue weighted by Crippen LogP contribution is 2.17. The average Bonchev–Trinajstić information content (AvgIpc) is 2.65. The first-order valence-electron chi connectivity index (χ1n) is 8.35. The molecule has 3 aromatic rings. The molecule has 26 heavy (non-hydrogen) atoms. The number of benzene rings is 1. The van der Waals surface area contributed by atoms with E-state index in [-0.39, 0.29) is 17.9 Å². The van der Waals surface area contributed by atoms with Gasteiger partial charge >= 0.3 is 5.97 Å². The van der Waals surface area contributed by atoms with E-state index < -0.39 is 5.97 Å². The first kappa shape index (κ1) is 17.5. The smallest absolute Gasteiger partial charge is 0.359 e. The SMILES string of the molecule is CCCCn1nc(C(=O)OCc2nc(N)c3ccccc3n2)ccc1=O. The van der Waals surface area contributed by atoms with Gasteiger partial charge < -0.3 is 10.5 Å². The maximum absolute atomic E-state index is 12.2. The minimum absolute atomic E-state index is 0.0643. The van der Waals surface area contributed by atoms with Crippen molar-refractivity contribution in [2.24, 2.45) is 0 Å². The van der Waals surface area contributed by atoms with Crippen LogP contribution >= 0.6 is 0 Å². The van der Waals surface area contributed by atoms with Crippen molar-refractivity contribution in [1.82, 2.24) is 19.7 Å². The Morgan fingerprint density at radius 3 is 2.81 bits per heavy atom. The monoisotopic (exact) mass is 353 g/mol. The van der Waals surface area contributed by atoms with E-state index in [9.17, 15) is 9.59 Å². The standard InChI is InChI=1S/C18H19N5O3/c1-2-3-10-23-16(24)9-8-14(22-23)18(25)26-11-15-20-13-7-5-4-6-12(13)17(19)21-15/h4-9H,2-3,10-11H2,1H3,(H2,19,20,21). The van der Waals surface area contributed by atoms with Crippen molar-refractivity contribution in [2.45, 2.75) is 32.9 Å². The number of unbranched alkanes of at least 4 members (excludes halogenated alkanes) is 1. The fraction of sp³-hybridized carbons (Fsp3) is 0.278. The third-order valence-corrected chi connectivity index (χ3v) is 3.81. The largest absolute Gasteiger partial charge is 0.453 e. The van der Waals surface area contributed by atoms with Crippen molar-refractivity contribution in [1.29, 1.82) is 0 Å². The molecule has 2 heterocycles. The molecule has 8 heteroatoms. The lowest BCUT2D eigenvalue weighted by Gasteiger charge is -2.08. The first-order valence-corrected chi connectivity index (χ1v) is 8.35. The van der Waals surface area contributed by atoms with Crippen molar-refractivity contribution in [3.63, 3.8) is 0 Å². The van der Waals surface area contributed by atoms with Gasteiger partial charge in [0.1, 0.15) is 5.82 Å². The number of anilines is 1. The zero-order chi connectivity index (χ0) is 18.5. The minimum atomic E-state index is -0.648. The molecule has 0 radical (unpaired) electrons. The number of carbonyl (C=O) groups excluding carboxylic acids is 1. The van der Waals surface area contributed by atoms with Crippen LogP contribution in [0.5, 0.6) is 0 Å². The van der Waals surface area contributed by atoms with Crippen molar-refractivity contribution >= 4 is 22.7 Å². The van der Waals surface area contributed by atoms with Gasteiger partial charge in [-0.25, -0.2) is 19.4 Å². The normalized spacial score (nSPS) is 10.8. The van der Waals surface area contributed by atoms with Gasteiger partial charge in [-0.15, -0.1) is 0 Å². The Balaban J connectivity index is 1.74. The van der Waals surface area contributed by atoms with E-state index >= 15 is 0 Å². The quantitative estimate of drug-likeness (QED) is 0.674. The van der Waals surface area contributed by atoms with E-state index in [0.29, 0.717) is 23.7 Å². The number of nitrogens with two attached hydrogens (primary N) is 1. The number of nitrogens with zero attached hydrogens (tertiary/aromatic N) is 4. The average molecular weight is 353 g/mol. The van der Waals surface area contributed by atoms with Crippen LogP contribution in [0.15, 0.2) is 41.2 Å². The lowest BCUT2D eigenvalue weighted by Crippen LogP contribution is -2.25. The van der Waals surface area contributed by atoms with Crippen LogP contribution in [0.25, 0.3) is 10.9 Å². The third-order valence-electron chi connectivity index (χ3n) is 3.81. The molecule has 1 aromatic carbocycles. The summed E-state index contributed by atoms with van der Waals surface area (Å²) in [6, 6.07) is 9.98. The number of aryl methyl sites for hydroxylation is 1. The summed E-state index contributed by atoms with van der Waals surface area (Å²) in [7, 11) is 0. The maximum Gasteiger partial charge on any atom is 0.359 e. The van der Waals surface area contributed by atoms with Crippen LogP contribution in [0.3, 0.4) is 0 Å². The van der Waals surface area contributed by atoms with E-state index in [0.717, 1.165) is 18.2 Å². The van der Waals surface area contributed by atoms with Crippen molar-refractivity contribution in [3.05, 3.63) is 58.3 Å². The summed E-state index contributed by atoms with van der Waals surface area (Å²) in [5.74, 6) is -0.0210. The van der Waals surface area contributed by atoms with Crippen LogP contribution < -0.4 is 11.3 Å². The van der Waals surface area contributed by atoms with Crippen molar-refractivity contribution < 1.29 is 9.53 Å². The number of carbonyl (C=O) groups is 1. The maximum atomic E-state index is 12.2. The van der Waals surface area contributed by atoms with E-state index in [1.807, 2.05) is 31.2 Å². The predicted molar refractivity (Wildman–Crippen MR) is 96.5 cm³/mol. The molecular formula is C18H19N5O3. The number of fused-ring (bicyclic) bond motifs is 1. The van der Waals surface area contributed by atoms with Gasteiger partial charge in [-0.1, -0.05) is 25.5 Å². The van der Waals surface area contributed by atoms with Crippen LogP contribution in [0.4, 0.5) is 5.82 Å². The van der Waals surface area contributed by atoms with Crippen LogP contribution in [0, 0.1) is 0 Å². The molecule has 0 unspecified atom stereocenters. The second-order valence-electron chi connectivity index (χ2n) is 5.75. The second-order valence-corrected chi connectivity index (χ2v) is 5.75. The molecule has 0 fully saturated rings. The Labute approximate surface area is 149 Å². The molecule has 0 aliphatic heterocycles. The first-order chi connectivity index (χ1) is 12.6. The number of esters is 1. The highest BCUT2D eigenvalue weighted by molar-refractivity contribution is 5.88. The molecule has 0 aliphatic carbocycles. The lowest BCUT2D eigenvalue weighted by atomic mass is 10.2. The molecular weight excluding hydrogens is 334 g/mol. The third kappa shape index (κ3) is 3.85. The summed E-state index contributed by atoms with van der Waals surface area (Å²) < 4.78 is 6.49. The predicted octanol–water partition coefficient (Wildman–Crippen LogP) is 1.93. The second kappa shape index (κ2) is 7.73. The van der Waals surface area contributed by atoms with Gasteiger partial charge in [-0.05, 0) is 24.6 Å². The van der Waals surface area contributed by atoms with Gasteiger partial charge in [-0.3, -0.25) is 4.79 Å². The van der Waals surface area contributed by atoms with Gasteiger partial charge in [0.05, 0.1) is 5.52 Å². The van der Waals surface area contributed by atoms with Gasteiger partial charge in [0.2, 0.25) is 0 Å². The Bertz CT molecular complexity index is 1000. The highest BCUT2D eigenvalue weighted by Gasteiger charge is 2.13. The molecule has 2 aromatic heterocycles. The number of nitrogen functional groups attached to an aromatic ring is 1. The fourth-order valence-corrected chi connectivity index (χ4v) is 2.45. The summed E-state index contributed by atoms with van der Waals surface area (Å²) in [4.78, 5) is 32.5. The molecule has 8 nitrogen and oxygen atoms in total. The molecule has 0 amide bonds. The van der Waals surface area contributed by atoms with E-state index in [1.165, 1.54) is 16.8 Å². The van der Waals surface area contributed by atoms with Crippen molar-refractivity contribution in [2.75, 3.05) is 5.73 Å². The summed E-state index contributed by atoms with van der Waals surface area (Å²) in [6.45, 7) is 2.34. The molecule has 2 N–H and O–H groups in total. The molecule has 0 aliphatic rings. The lowest BCUT2D eigenvalue weighted by molar-refractivity contribution is 0.0452. The molecule has 0 bridgehead atoms. The van der Waals surface area contributed by atoms with Gasteiger partial charge in [-0.2, -0.15) is 5.10 Å². The zero-order valence-corrected chi connectivity index (χ0v) is 14.4. The van der Waals surface area contributed by atoms with Crippen LogP contribution in [0.2, 0.25) is 0 Å². The van der Waals surface area contributed by atoms with Crippen molar-refractivity contribution in [3.8, 4) is 0 Å². The summed E-state index contributed by atoms with van der Waals surface area (Å²) in [6.07, 6.45) is 1.72. The highest BCUT2D eigenvalue weighted by atomic mass is 16.5. The molecule has 134 valence electrons. The van der Waals surface area contributed by atoms with Crippen LogP contribution in [0.1, 0.15) is 36.1 Å². The van der Waals surface area contributed by atoms with Gasteiger partial charge in [0, 0.05) is 18.0 Å². The minimum Gasteiger partial charge on any atom is -0.453 e. The number of hydrogen-bond donors (Lipinski definition) is 1. The van der Waals surface area contributed by atoms with Crippen LogP contribution in [-0.4, -0.2) is 25.7 Å². The number of rotatable bonds is 6. The molecule has 3 rings (SSSR count). The molecule has 0 spiro atoms. The van der Waals surface area contributed by atoms with E-state index in [2.05, 4.69) is 15.1 Å². The Morgan fingerprint density at radius 2 is 2.00 bits per heavy atom.